The molecule has 4 nitrogen and oxygen atoms in total. The average molecular weight is 314 g/mol. The smallest absolute Gasteiger partial charge is 0.405 e. The van der Waals surface area contributed by atoms with Crippen molar-refractivity contribution in [1.29, 1.82) is 0 Å². The van der Waals surface area contributed by atoms with E-state index in [-0.39, 0.29) is 23.1 Å². The van der Waals surface area contributed by atoms with Crippen molar-refractivity contribution in [1.82, 2.24) is 5.32 Å². The number of alkyl halides is 3. The van der Waals surface area contributed by atoms with Gasteiger partial charge in [0.25, 0.3) is 5.91 Å². The molecule has 1 aliphatic rings. The summed E-state index contributed by atoms with van der Waals surface area (Å²) in [6, 6.07) is 5.64. The Morgan fingerprint density at radius 3 is 2.55 bits per heavy atom. The van der Waals surface area contributed by atoms with Crippen LogP contribution in [0.1, 0.15) is 38.7 Å². The van der Waals surface area contributed by atoms with Crippen LogP contribution in [0.2, 0.25) is 0 Å². The van der Waals surface area contributed by atoms with Gasteiger partial charge in [-0.05, 0) is 25.0 Å². The van der Waals surface area contributed by atoms with Crippen LogP contribution in [0.5, 0.6) is 5.75 Å². The molecule has 0 saturated carbocycles. The lowest BCUT2D eigenvalue weighted by Gasteiger charge is -2.20. The molecule has 0 aliphatic carbocycles. The van der Waals surface area contributed by atoms with Gasteiger partial charge in [0.1, 0.15) is 17.1 Å². The summed E-state index contributed by atoms with van der Waals surface area (Å²) in [5, 5.41) is 2.59. The summed E-state index contributed by atoms with van der Waals surface area (Å²) in [5.74, 6) is -0.536. The molecule has 1 atom stereocenters. The highest BCUT2D eigenvalue weighted by molar-refractivity contribution is 6.16. The third-order valence-corrected chi connectivity index (χ3v) is 3.60. The summed E-state index contributed by atoms with van der Waals surface area (Å²) in [5.41, 5.74) is -0.783. The van der Waals surface area contributed by atoms with Crippen molar-refractivity contribution < 1.29 is 22.7 Å². The lowest BCUT2D eigenvalue weighted by molar-refractivity contribution is -0.274. The Hall–Kier alpha value is -2.05. The molecule has 0 spiro atoms. The van der Waals surface area contributed by atoms with Crippen molar-refractivity contribution in [3.63, 3.8) is 0 Å². The Morgan fingerprint density at radius 2 is 1.95 bits per heavy atom. The number of hydrogen-bond acceptors (Lipinski definition) is 3. The van der Waals surface area contributed by atoms with Crippen molar-refractivity contribution in [3.8, 4) is 5.75 Å². The predicted molar refractivity (Wildman–Crippen MR) is 75.7 cm³/mol. The minimum absolute atomic E-state index is 0.125. The van der Waals surface area contributed by atoms with Crippen molar-refractivity contribution in [2.45, 2.75) is 45.0 Å². The number of ether oxygens (including phenoxy) is 1. The summed E-state index contributed by atoms with van der Waals surface area (Å²) in [6.45, 7) is 3.76. The normalized spacial score (nSPS) is 21.5. The number of amides is 1. The molecular formula is C15H17F3N2O2. The topological polar surface area (TPSA) is 50.7 Å². The zero-order valence-corrected chi connectivity index (χ0v) is 12.3. The van der Waals surface area contributed by atoms with Gasteiger partial charge in [0.15, 0.2) is 0 Å². The largest absolute Gasteiger partial charge is 0.573 e. The van der Waals surface area contributed by atoms with Gasteiger partial charge in [0.05, 0.1) is 5.56 Å². The van der Waals surface area contributed by atoms with Gasteiger partial charge in [-0.25, -0.2) is 0 Å². The summed E-state index contributed by atoms with van der Waals surface area (Å²) >= 11 is 0. The van der Waals surface area contributed by atoms with E-state index in [1.807, 2.05) is 13.8 Å². The van der Waals surface area contributed by atoms with Gasteiger partial charge in [-0.15, -0.1) is 13.2 Å². The van der Waals surface area contributed by atoms with Gasteiger partial charge in [0.2, 0.25) is 0 Å². The predicted octanol–water partition coefficient (Wildman–Crippen LogP) is 3.41. The van der Waals surface area contributed by atoms with Crippen LogP contribution < -0.4 is 10.1 Å². The molecule has 22 heavy (non-hydrogen) atoms. The van der Waals surface area contributed by atoms with E-state index < -0.39 is 11.9 Å². The highest BCUT2D eigenvalue weighted by Crippen LogP contribution is 2.32. The third-order valence-electron chi connectivity index (χ3n) is 3.60. The fraction of sp³-hybridized carbons (Fsp3) is 0.467. The average Bonchev–Trinajstić information content (AvgIpc) is 2.76. The van der Waals surface area contributed by atoms with E-state index in [9.17, 15) is 18.0 Å². The van der Waals surface area contributed by atoms with Gasteiger partial charge >= 0.3 is 6.36 Å². The summed E-state index contributed by atoms with van der Waals surface area (Å²) in [6.07, 6.45) is -3.02. The molecule has 1 aliphatic heterocycles. The van der Waals surface area contributed by atoms with E-state index in [1.54, 1.807) is 6.07 Å². The highest BCUT2D eigenvalue weighted by atomic mass is 19.4. The second-order valence-corrected chi connectivity index (χ2v) is 5.09. The summed E-state index contributed by atoms with van der Waals surface area (Å²) in [7, 11) is 0. The fourth-order valence-electron chi connectivity index (χ4n) is 2.52. The number of carbonyl (C=O) groups is 1. The molecule has 0 unspecified atom stereocenters. The fourth-order valence-corrected chi connectivity index (χ4v) is 2.52. The van der Waals surface area contributed by atoms with E-state index in [0.29, 0.717) is 12.8 Å². The minimum atomic E-state index is -4.80. The number of amidine groups is 1. The summed E-state index contributed by atoms with van der Waals surface area (Å²) in [4.78, 5) is 16.6. The maximum atomic E-state index is 12.5. The molecule has 1 aromatic carbocycles. The molecule has 2 rings (SSSR count). The van der Waals surface area contributed by atoms with Crippen LogP contribution in [0.25, 0.3) is 0 Å². The van der Waals surface area contributed by atoms with Gasteiger partial charge in [-0.3, -0.25) is 9.79 Å². The van der Waals surface area contributed by atoms with E-state index in [4.69, 9.17) is 0 Å². The molecule has 0 saturated heterocycles. The highest BCUT2D eigenvalue weighted by Gasteiger charge is 2.42. The Bertz CT molecular complexity index is 599. The van der Waals surface area contributed by atoms with Crippen LogP contribution in [0.4, 0.5) is 13.2 Å². The van der Waals surface area contributed by atoms with E-state index in [2.05, 4.69) is 15.0 Å². The Labute approximate surface area is 126 Å². The number of hydrogen-bond donors (Lipinski definition) is 1. The Kier molecular flexibility index (Phi) is 4.44. The zero-order valence-electron chi connectivity index (χ0n) is 12.3. The van der Waals surface area contributed by atoms with Crippen LogP contribution >= 0.6 is 0 Å². The van der Waals surface area contributed by atoms with Crippen molar-refractivity contribution in [2.75, 3.05) is 0 Å². The molecule has 1 heterocycles. The maximum Gasteiger partial charge on any atom is 0.573 e. The van der Waals surface area contributed by atoms with Crippen molar-refractivity contribution in [2.24, 2.45) is 4.99 Å². The standard InChI is InChI=1S/C15H17F3N2O2/c1-3-9-14(4-2)13(21)19-12(20-14)10-7-5-6-8-11(10)22-15(16,17)18/h5-8H,3-4,9H2,1-2H3,(H,19,20,21)/t14-/m1/s1. The number of nitrogens with one attached hydrogen (secondary N) is 1. The maximum absolute atomic E-state index is 12.5. The van der Waals surface area contributed by atoms with Gasteiger partial charge in [-0.1, -0.05) is 32.4 Å². The van der Waals surface area contributed by atoms with Gasteiger partial charge < -0.3 is 10.1 Å². The molecule has 0 bridgehead atoms. The van der Waals surface area contributed by atoms with Crippen LogP contribution in [0.3, 0.4) is 0 Å². The van der Waals surface area contributed by atoms with E-state index in [1.165, 1.54) is 18.2 Å². The monoisotopic (exact) mass is 314 g/mol. The molecule has 1 amide bonds. The second kappa shape index (κ2) is 5.98. The number of nitrogens with zero attached hydrogens (tertiary/aromatic N) is 1. The number of rotatable bonds is 5. The number of aliphatic imine (C=N–C) groups is 1. The molecule has 7 heteroatoms. The zero-order chi connectivity index (χ0) is 16.4. The van der Waals surface area contributed by atoms with Crippen LogP contribution in [-0.2, 0) is 4.79 Å². The second-order valence-electron chi connectivity index (χ2n) is 5.09. The van der Waals surface area contributed by atoms with Gasteiger partial charge in [-0.2, -0.15) is 0 Å². The van der Waals surface area contributed by atoms with E-state index >= 15 is 0 Å². The molecular weight excluding hydrogens is 297 g/mol. The Morgan fingerprint density at radius 1 is 1.27 bits per heavy atom. The summed E-state index contributed by atoms with van der Waals surface area (Å²) < 4.78 is 41.4. The number of benzene rings is 1. The number of halogens is 3. The van der Waals surface area contributed by atoms with Gasteiger partial charge in [0, 0.05) is 0 Å². The number of carbonyl (C=O) groups excluding carboxylic acids is 1. The van der Waals surface area contributed by atoms with Crippen molar-refractivity contribution in [3.05, 3.63) is 29.8 Å². The van der Waals surface area contributed by atoms with Crippen LogP contribution in [0.15, 0.2) is 29.3 Å². The van der Waals surface area contributed by atoms with Crippen LogP contribution in [-0.4, -0.2) is 23.6 Å². The van der Waals surface area contributed by atoms with Crippen molar-refractivity contribution >= 4 is 11.7 Å². The van der Waals surface area contributed by atoms with Crippen LogP contribution in [0, 0.1) is 0 Å². The first-order valence-corrected chi connectivity index (χ1v) is 7.08. The quantitative estimate of drug-likeness (QED) is 0.905. The lowest BCUT2D eigenvalue weighted by atomic mass is 9.91. The molecule has 0 fully saturated rings. The number of para-hydroxylation sites is 1. The minimum Gasteiger partial charge on any atom is -0.405 e. The molecule has 0 aromatic heterocycles. The van der Waals surface area contributed by atoms with E-state index in [0.717, 1.165) is 6.42 Å². The Balaban J connectivity index is 2.41. The molecule has 120 valence electrons. The lowest BCUT2D eigenvalue weighted by Crippen LogP contribution is -2.39. The first-order chi connectivity index (χ1) is 10.3. The first kappa shape index (κ1) is 16.3. The molecule has 1 aromatic rings. The SMILES string of the molecule is CCC[C@@]1(CC)N=C(c2ccccc2OC(F)(F)F)NC1=O. The third kappa shape index (κ3) is 3.23. The first-order valence-electron chi connectivity index (χ1n) is 7.08. The molecule has 1 N–H and O–H groups in total. The molecule has 0 radical (unpaired) electrons.